The third kappa shape index (κ3) is 4.08. The summed E-state index contributed by atoms with van der Waals surface area (Å²) in [7, 11) is 0. The van der Waals surface area contributed by atoms with E-state index >= 15 is 0 Å². The number of rotatable bonds is 5. The van der Waals surface area contributed by atoms with Crippen molar-refractivity contribution in [3.63, 3.8) is 0 Å². The summed E-state index contributed by atoms with van der Waals surface area (Å²) < 4.78 is 0.743. The second-order valence-corrected chi connectivity index (χ2v) is 5.96. The molecule has 0 amide bonds. The molecule has 0 radical (unpaired) electrons. The number of carboxylic acids is 1. The fourth-order valence-electron chi connectivity index (χ4n) is 1.50. The Kier molecular flexibility index (Phi) is 5.03. The molecule has 0 aliphatic heterocycles. The maximum absolute atomic E-state index is 11.3. The van der Waals surface area contributed by atoms with Gasteiger partial charge in [0.1, 0.15) is 16.5 Å². The second kappa shape index (κ2) is 6.77. The summed E-state index contributed by atoms with van der Waals surface area (Å²) in [4.78, 5) is 15.5. The molecular formula is C13H12BrN3O3S. The number of benzene rings is 1. The van der Waals surface area contributed by atoms with E-state index in [-0.39, 0.29) is 10.7 Å². The van der Waals surface area contributed by atoms with Crippen LogP contribution in [0.4, 0.5) is 0 Å². The first-order valence-corrected chi connectivity index (χ1v) is 7.63. The highest BCUT2D eigenvalue weighted by Gasteiger charge is 2.14. The zero-order valence-electron chi connectivity index (χ0n) is 11.0. The number of nitrogens with zero attached hydrogens (tertiary/aromatic N) is 2. The fourth-order valence-corrected chi connectivity index (χ4v) is 2.59. The zero-order chi connectivity index (χ0) is 15.4. The number of hydrogen-bond acceptors (Lipinski definition) is 5. The highest BCUT2D eigenvalue weighted by molar-refractivity contribution is 9.10. The summed E-state index contributed by atoms with van der Waals surface area (Å²) in [6, 6.07) is 4.79. The molecule has 1 heterocycles. The lowest BCUT2D eigenvalue weighted by molar-refractivity contribution is -0.131. The smallest absolute Gasteiger partial charge is 0.342 e. The van der Waals surface area contributed by atoms with Gasteiger partial charge in [-0.05, 0) is 36.0 Å². The van der Waals surface area contributed by atoms with Crippen LogP contribution in [-0.2, 0) is 11.2 Å². The van der Waals surface area contributed by atoms with Crippen LogP contribution in [0.25, 0.3) is 6.08 Å². The van der Waals surface area contributed by atoms with Gasteiger partial charge in [-0.3, -0.25) is 5.10 Å². The van der Waals surface area contributed by atoms with Crippen LogP contribution >= 0.6 is 27.7 Å². The molecule has 6 nitrogen and oxygen atoms in total. The molecule has 8 heteroatoms. The highest BCUT2D eigenvalue weighted by atomic mass is 79.9. The van der Waals surface area contributed by atoms with Crippen LogP contribution in [0.2, 0.25) is 0 Å². The van der Waals surface area contributed by atoms with E-state index in [1.807, 2.05) is 6.92 Å². The van der Waals surface area contributed by atoms with Gasteiger partial charge in [0.2, 0.25) is 5.16 Å². The molecule has 0 bridgehead atoms. The van der Waals surface area contributed by atoms with Gasteiger partial charge in [-0.1, -0.05) is 22.9 Å². The largest absolute Gasteiger partial charge is 0.507 e. The third-order valence-electron chi connectivity index (χ3n) is 2.53. The summed E-state index contributed by atoms with van der Waals surface area (Å²) in [5, 5.41) is 26.0. The van der Waals surface area contributed by atoms with Crippen LogP contribution in [0, 0.1) is 0 Å². The Morgan fingerprint density at radius 2 is 2.29 bits per heavy atom. The fraction of sp³-hybridized carbons (Fsp3) is 0.154. The minimum Gasteiger partial charge on any atom is -0.507 e. The normalized spacial score (nSPS) is 11.6. The number of halogens is 1. The summed E-state index contributed by atoms with van der Waals surface area (Å²) in [5.41, 5.74) is 0.403. The number of carboxylic acid groups (broad SMARTS) is 1. The molecule has 0 saturated heterocycles. The van der Waals surface area contributed by atoms with Crippen LogP contribution < -0.4 is 0 Å². The second-order valence-electron chi connectivity index (χ2n) is 4.04. The number of nitrogens with one attached hydrogen (secondary N) is 1. The van der Waals surface area contributed by atoms with Crippen LogP contribution in [-0.4, -0.2) is 31.4 Å². The monoisotopic (exact) mass is 369 g/mol. The Labute approximate surface area is 133 Å². The third-order valence-corrected chi connectivity index (χ3v) is 3.91. The predicted molar refractivity (Wildman–Crippen MR) is 83.0 cm³/mol. The quantitative estimate of drug-likeness (QED) is 0.553. The molecule has 0 fully saturated rings. The molecule has 0 aliphatic rings. The Hall–Kier alpha value is -1.80. The number of aliphatic carboxylic acids is 1. The maximum atomic E-state index is 11.3. The van der Waals surface area contributed by atoms with Crippen LogP contribution in [0.3, 0.4) is 0 Å². The molecule has 0 unspecified atom stereocenters. The molecule has 0 spiro atoms. The van der Waals surface area contributed by atoms with Gasteiger partial charge in [-0.25, -0.2) is 9.78 Å². The molecule has 0 aliphatic carbocycles. The Bertz CT molecular complexity index is 700. The van der Waals surface area contributed by atoms with Crippen molar-refractivity contribution in [2.45, 2.75) is 18.5 Å². The molecular weight excluding hydrogens is 358 g/mol. The van der Waals surface area contributed by atoms with Crippen LogP contribution in [0.1, 0.15) is 18.3 Å². The van der Waals surface area contributed by atoms with E-state index in [1.165, 1.54) is 12.1 Å². The summed E-state index contributed by atoms with van der Waals surface area (Å²) in [5.74, 6) is -0.420. The maximum Gasteiger partial charge on any atom is 0.342 e. The van der Waals surface area contributed by atoms with Gasteiger partial charge in [0.05, 0.1) is 0 Å². The number of hydrogen-bond donors (Lipinski definition) is 3. The molecule has 2 aromatic rings. The highest BCUT2D eigenvalue weighted by Crippen LogP contribution is 2.30. The number of aromatic nitrogens is 3. The average Bonchev–Trinajstić information content (AvgIpc) is 2.89. The minimum atomic E-state index is -1.11. The molecule has 3 N–H and O–H groups in total. The van der Waals surface area contributed by atoms with Gasteiger partial charge in [0, 0.05) is 16.5 Å². The standard InChI is InChI=1S/C13H12BrN3O3S/c1-2-11-15-13(17-16-11)21-10(12(19)20)6-7-5-8(14)3-4-9(7)18/h3-6,18H,2H2,1H3,(H,19,20)(H,15,16,17)/b10-6-. The predicted octanol–water partition coefficient (Wildman–Crippen LogP) is 3.05. The van der Waals surface area contributed by atoms with Crippen molar-refractivity contribution in [3.8, 4) is 5.75 Å². The summed E-state index contributed by atoms with van der Waals surface area (Å²) >= 11 is 4.20. The van der Waals surface area contributed by atoms with Crippen molar-refractivity contribution >= 4 is 39.7 Å². The van der Waals surface area contributed by atoms with Crippen molar-refractivity contribution < 1.29 is 15.0 Å². The van der Waals surface area contributed by atoms with Crippen molar-refractivity contribution in [1.29, 1.82) is 0 Å². The Morgan fingerprint density at radius 3 is 2.90 bits per heavy atom. The molecule has 0 atom stereocenters. The SMILES string of the molecule is CCc1nc(S/C(=C\c2cc(Br)ccc2O)C(=O)O)n[nH]1. The lowest BCUT2D eigenvalue weighted by atomic mass is 10.2. The van der Waals surface area contributed by atoms with E-state index in [0.29, 0.717) is 23.0 Å². The minimum absolute atomic E-state index is 0.00165. The number of thioether (sulfide) groups is 1. The number of phenols is 1. The van der Waals surface area contributed by atoms with Crippen molar-refractivity contribution in [1.82, 2.24) is 15.2 Å². The lowest BCUT2D eigenvalue weighted by Crippen LogP contribution is -1.97. The Balaban J connectivity index is 2.32. The van der Waals surface area contributed by atoms with Crippen molar-refractivity contribution in [2.24, 2.45) is 0 Å². The average molecular weight is 370 g/mol. The number of H-pyrrole nitrogens is 1. The van der Waals surface area contributed by atoms with Gasteiger partial charge in [-0.2, -0.15) is 0 Å². The van der Waals surface area contributed by atoms with Crippen molar-refractivity contribution in [3.05, 3.63) is 39.0 Å². The molecule has 21 heavy (non-hydrogen) atoms. The zero-order valence-corrected chi connectivity index (χ0v) is 13.4. The first-order valence-electron chi connectivity index (χ1n) is 6.02. The summed E-state index contributed by atoms with van der Waals surface area (Å²) in [6.45, 7) is 1.92. The van der Waals surface area contributed by atoms with E-state index in [4.69, 9.17) is 0 Å². The molecule has 110 valence electrons. The molecule has 0 saturated carbocycles. The van der Waals surface area contributed by atoms with Crippen LogP contribution in [0.5, 0.6) is 5.75 Å². The number of aromatic amines is 1. The van der Waals surface area contributed by atoms with E-state index in [9.17, 15) is 15.0 Å². The Morgan fingerprint density at radius 1 is 1.52 bits per heavy atom. The topological polar surface area (TPSA) is 99.1 Å². The van der Waals surface area contributed by atoms with E-state index in [1.54, 1.807) is 12.1 Å². The van der Waals surface area contributed by atoms with Crippen LogP contribution in [0.15, 0.2) is 32.7 Å². The van der Waals surface area contributed by atoms with Gasteiger partial charge in [0.15, 0.2) is 0 Å². The first kappa shape index (κ1) is 15.6. The summed E-state index contributed by atoms with van der Waals surface area (Å²) in [6.07, 6.45) is 2.07. The van der Waals surface area contributed by atoms with Gasteiger partial charge in [-0.15, -0.1) is 5.10 Å². The molecule has 1 aromatic heterocycles. The molecule has 1 aromatic carbocycles. The number of carbonyl (C=O) groups is 1. The van der Waals surface area contributed by atoms with Crippen molar-refractivity contribution in [2.75, 3.05) is 0 Å². The lowest BCUT2D eigenvalue weighted by Gasteiger charge is -2.02. The van der Waals surface area contributed by atoms with Gasteiger partial charge >= 0.3 is 5.97 Å². The van der Waals surface area contributed by atoms with E-state index in [0.717, 1.165) is 16.2 Å². The first-order chi connectivity index (χ1) is 9.99. The number of aromatic hydroxyl groups is 1. The number of aryl methyl sites for hydroxylation is 1. The number of phenolic OH excluding ortho intramolecular Hbond substituents is 1. The van der Waals surface area contributed by atoms with E-state index < -0.39 is 5.97 Å². The van der Waals surface area contributed by atoms with E-state index in [2.05, 4.69) is 31.1 Å². The van der Waals surface area contributed by atoms with Gasteiger partial charge in [0.25, 0.3) is 0 Å². The molecule has 2 rings (SSSR count). The van der Waals surface area contributed by atoms with Gasteiger partial charge < -0.3 is 10.2 Å².